The van der Waals surface area contributed by atoms with Crippen molar-refractivity contribution in [2.24, 2.45) is 10.4 Å². The molecule has 0 aromatic heterocycles. The molecule has 1 saturated carbocycles. The van der Waals surface area contributed by atoms with Crippen molar-refractivity contribution in [3.63, 3.8) is 0 Å². The summed E-state index contributed by atoms with van der Waals surface area (Å²) < 4.78 is 5.27. The van der Waals surface area contributed by atoms with Gasteiger partial charge in [-0.05, 0) is 37.3 Å². The van der Waals surface area contributed by atoms with Gasteiger partial charge in [-0.2, -0.15) is 0 Å². The minimum Gasteiger partial charge on any atom is -0.385 e. The van der Waals surface area contributed by atoms with Crippen molar-refractivity contribution in [1.82, 2.24) is 15.5 Å². The van der Waals surface area contributed by atoms with Crippen LogP contribution in [0.4, 0.5) is 0 Å². The second-order valence-corrected chi connectivity index (χ2v) is 7.17. The van der Waals surface area contributed by atoms with Crippen LogP contribution in [-0.4, -0.2) is 58.3 Å². The molecule has 0 heterocycles. The lowest BCUT2D eigenvalue weighted by Gasteiger charge is -2.42. The van der Waals surface area contributed by atoms with Crippen LogP contribution in [0.3, 0.4) is 0 Å². The topological polar surface area (TPSA) is 48.9 Å². The Morgan fingerprint density at radius 2 is 2.00 bits per heavy atom. The molecule has 1 aromatic carbocycles. The van der Waals surface area contributed by atoms with E-state index in [0.29, 0.717) is 5.41 Å². The number of nitrogens with one attached hydrogen (secondary N) is 2. The quantitative estimate of drug-likeness (QED) is 0.505. The molecule has 0 spiro atoms. The number of hydrogen-bond donors (Lipinski definition) is 2. The van der Waals surface area contributed by atoms with Crippen LogP contribution in [0.15, 0.2) is 35.3 Å². The number of hydrogen-bond acceptors (Lipinski definition) is 3. The largest absolute Gasteiger partial charge is 0.385 e. The summed E-state index contributed by atoms with van der Waals surface area (Å²) >= 11 is 0. The number of likely N-dealkylation sites (N-methyl/N-ethyl adjacent to an activating group) is 1. The van der Waals surface area contributed by atoms with Crippen molar-refractivity contribution < 1.29 is 4.74 Å². The summed E-state index contributed by atoms with van der Waals surface area (Å²) in [5, 5.41) is 6.94. The van der Waals surface area contributed by atoms with E-state index < -0.39 is 0 Å². The van der Waals surface area contributed by atoms with Gasteiger partial charge in [0.2, 0.25) is 0 Å². The highest BCUT2D eigenvalue weighted by Gasteiger charge is 2.36. The molecule has 1 aliphatic carbocycles. The molecule has 1 aliphatic rings. The monoisotopic (exact) mass is 346 g/mol. The molecule has 1 aromatic rings. The predicted octanol–water partition coefficient (Wildman–Crippen LogP) is 2.49. The summed E-state index contributed by atoms with van der Waals surface area (Å²) in [6.45, 7) is 4.65. The van der Waals surface area contributed by atoms with Crippen molar-refractivity contribution in [1.29, 1.82) is 0 Å². The minimum absolute atomic E-state index is 0.401. The second kappa shape index (κ2) is 10.4. The lowest BCUT2D eigenvalue weighted by Crippen LogP contribution is -2.48. The molecule has 0 unspecified atom stereocenters. The molecule has 0 bridgehead atoms. The fourth-order valence-corrected chi connectivity index (χ4v) is 3.34. The summed E-state index contributed by atoms with van der Waals surface area (Å²) in [4.78, 5) is 6.68. The third kappa shape index (κ3) is 6.67. The molecular weight excluding hydrogens is 312 g/mol. The Balaban J connectivity index is 1.66. The van der Waals surface area contributed by atoms with Crippen molar-refractivity contribution in [3.05, 3.63) is 35.9 Å². The Morgan fingerprint density at radius 3 is 2.60 bits per heavy atom. The van der Waals surface area contributed by atoms with E-state index in [9.17, 15) is 0 Å². The number of aliphatic imine (C=N–C) groups is 1. The number of ether oxygens (including phenoxy) is 1. The molecule has 5 heteroatoms. The molecule has 0 aliphatic heterocycles. The number of methoxy groups -OCH3 is 1. The molecule has 0 radical (unpaired) electrons. The van der Waals surface area contributed by atoms with Crippen LogP contribution in [0, 0.1) is 5.41 Å². The van der Waals surface area contributed by atoms with E-state index in [0.717, 1.165) is 45.2 Å². The van der Waals surface area contributed by atoms with Gasteiger partial charge >= 0.3 is 0 Å². The number of nitrogens with zero attached hydrogens (tertiary/aromatic N) is 2. The van der Waals surface area contributed by atoms with Gasteiger partial charge in [0.05, 0.1) is 0 Å². The van der Waals surface area contributed by atoms with Crippen molar-refractivity contribution in [3.8, 4) is 0 Å². The molecular formula is C20H34N4O. The van der Waals surface area contributed by atoms with E-state index >= 15 is 0 Å². The summed E-state index contributed by atoms with van der Waals surface area (Å²) in [7, 11) is 5.77. The van der Waals surface area contributed by atoms with Crippen molar-refractivity contribution >= 4 is 5.96 Å². The maximum Gasteiger partial charge on any atom is 0.191 e. The number of benzene rings is 1. The van der Waals surface area contributed by atoms with Gasteiger partial charge in [-0.3, -0.25) is 4.99 Å². The van der Waals surface area contributed by atoms with Gasteiger partial charge in [0.15, 0.2) is 5.96 Å². The van der Waals surface area contributed by atoms with Crippen LogP contribution in [-0.2, 0) is 11.3 Å². The molecule has 2 N–H and O–H groups in total. The molecule has 0 saturated heterocycles. The maximum absolute atomic E-state index is 5.27. The first-order chi connectivity index (χ1) is 12.2. The average Bonchev–Trinajstić information content (AvgIpc) is 2.59. The smallest absolute Gasteiger partial charge is 0.191 e. The first-order valence-electron chi connectivity index (χ1n) is 9.33. The Bertz CT molecular complexity index is 514. The highest BCUT2D eigenvalue weighted by molar-refractivity contribution is 5.79. The highest BCUT2D eigenvalue weighted by atomic mass is 16.5. The molecule has 0 atom stereocenters. The fraction of sp³-hybridized carbons (Fsp3) is 0.650. The molecule has 140 valence electrons. The van der Waals surface area contributed by atoms with Gasteiger partial charge in [0.1, 0.15) is 0 Å². The summed E-state index contributed by atoms with van der Waals surface area (Å²) in [6, 6.07) is 10.6. The van der Waals surface area contributed by atoms with Gasteiger partial charge in [-0.15, -0.1) is 0 Å². The lowest BCUT2D eigenvalue weighted by molar-refractivity contribution is 0.0732. The van der Waals surface area contributed by atoms with E-state index in [2.05, 4.69) is 57.9 Å². The molecule has 2 rings (SSSR count). The Morgan fingerprint density at radius 1 is 1.24 bits per heavy atom. The van der Waals surface area contributed by atoms with Crippen molar-refractivity contribution in [2.75, 3.05) is 47.4 Å². The third-order valence-electron chi connectivity index (χ3n) is 5.19. The highest BCUT2D eigenvalue weighted by Crippen LogP contribution is 2.43. The Kier molecular flexibility index (Phi) is 8.22. The zero-order chi connectivity index (χ0) is 18.0. The first-order valence-corrected chi connectivity index (χ1v) is 9.33. The van der Waals surface area contributed by atoms with Crippen LogP contribution in [0.1, 0.15) is 31.2 Å². The summed E-state index contributed by atoms with van der Waals surface area (Å²) in [6.07, 6.45) is 5.05. The maximum atomic E-state index is 5.27. The number of guanidine groups is 1. The van der Waals surface area contributed by atoms with E-state index in [1.165, 1.54) is 24.8 Å². The molecule has 0 amide bonds. The van der Waals surface area contributed by atoms with Gasteiger partial charge in [-0.1, -0.05) is 36.8 Å². The second-order valence-electron chi connectivity index (χ2n) is 7.17. The zero-order valence-corrected chi connectivity index (χ0v) is 16.1. The van der Waals surface area contributed by atoms with Crippen LogP contribution in [0.25, 0.3) is 0 Å². The van der Waals surface area contributed by atoms with Gasteiger partial charge in [0, 0.05) is 46.9 Å². The predicted molar refractivity (Wildman–Crippen MR) is 105 cm³/mol. The van der Waals surface area contributed by atoms with Crippen LogP contribution in [0.2, 0.25) is 0 Å². The van der Waals surface area contributed by atoms with Crippen LogP contribution < -0.4 is 10.6 Å². The van der Waals surface area contributed by atoms with E-state index in [4.69, 9.17) is 4.74 Å². The van der Waals surface area contributed by atoms with E-state index in [1.54, 1.807) is 7.11 Å². The minimum atomic E-state index is 0.401. The molecule has 5 nitrogen and oxygen atoms in total. The van der Waals surface area contributed by atoms with Crippen LogP contribution >= 0.6 is 0 Å². The van der Waals surface area contributed by atoms with Crippen LogP contribution in [0.5, 0.6) is 0 Å². The Hall–Kier alpha value is -1.59. The third-order valence-corrected chi connectivity index (χ3v) is 5.19. The van der Waals surface area contributed by atoms with Crippen molar-refractivity contribution in [2.45, 2.75) is 32.2 Å². The normalized spacial score (nSPS) is 16.6. The molecule has 25 heavy (non-hydrogen) atoms. The average molecular weight is 347 g/mol. The van der Waals surface area contributed by atoms with E-state index in [-0.39, 0.29) is 0 Å². The number of rotatable bonds is 10. The van der Waals surface area contributed by atoms with Gasteiger partial charge < -0.3 is 20.3 Å². The van der Waals surface area contributed by atoms with E-state index in [1.807, 2.05) is 7.05 Å². The Labute approximate surface area is 152 Å². The summed E-state index contributed by atoms with van der Waals surface area (Å²) in [5.41, 5.74) is 1.75. The SMILES string of the molecule is CN=C(NCCN(C)Cc1ccccc1)NCC1(CCOC)CCC1. The zero-order valence-electron chi connectivity index (χ0n) is 16.1. The standard InChI is InChI=1S/C20H34N4O/c1-21-19(23-17-20(10-7-11-20)12-15-25-3)22-13-14-24(2)16-18-8-5-4-6-9-18/h4-6,8-9H,7,10-17H2,1-3H3,(H2,21,22,23). The lowest BCUT2D eigenvalue weighted by atomic mass is 9.67. The summed E-state index contributed by atoms with van der Waals surface area (Å²) in [5.74, 6) is 0.900. The van der Waals surface area contributed by atoms with Gasteiger partial charge in [0.25, 0.3) is 0 Å². The first kappa shape index (κ1) is 19.7. The fourth-order valence-electron chi connectivity index (χ4n) is 3.34. The molecule has 1 fully saturated rings. The van der Waals surface area contributed by atoms with Gasteiger partial charge in [-0.25, -0.2) is 0 Å².